The molecule has 0 N–H and O–H groups in total. The van der Waals surface area contributed by atoms with Crippen molar-refractivity contribution >= 4 is 15.1 Å². The van der Waals surface area contributed by atoms with Gasteiger partial charge in [-0.05, 0) is 0 Å². The van der Waals surface area contributed by atoms with Crippen molar-refractivity contribution in [1.29, 1.82) is 0 Å². The third kappa shape index (κ3) is 5.18. The van der Waals surface area contributed by atoms with E-state index >= 15 is 0 Å². The van der Waals surface area contributed by atoms with E-state index in [4.69, 9.17) is 0 Å². The largest absolute Gasteiger partial charge is 1.00 e. The molecule has 0 saturated heterocycles. The van der Waals surface area contributed by atoms with Gasteiger partial charge in [-0.2, -0.15) is 0 Å². The zero-order valence-electron chi connectivity index (χ0n) is 8.94. The fraction of sp³-hybridized carbons (Fsp3) is 0.714. The normalized spacial score (nSPS) is 16.4. The number of rotatable bonds is 1. The summed E-state index contributed by atoms with van der Waals surface area (Å²) >= 11 is 1.60. The van der Waals surface area contributed by atoms with Gasteiger partial charge in [0.2, 0.25) is 0 Å². The van der Waals surface area contributed by atoms with Gasteiger partial charge < -0.3 is 37.2 Å². The second-order valence-corrected chi connectivity index (χ2v) is 10.5. The van der Waals surface area contributed by atoms with Crippen LogP contribution >= 0.6 is 0 Å². The Labute approximate surface area is 123 Å². The van der Waals surface area contributed by atoms with E-state index in [9.17, 15) is 0 Å². The van der Waals surface area contributed by atoms with Crippen molar-refractivity contribution in [3.05, 3.63) is 9.26 Å². The molecular weight excluding hydrogens is 335 g/mol. The predicted octanol–water partition coefficient (Wildman–Crippen LogP) is -7.26. The van der Waals surface area contributed by atoms with Crippen molar-refractivity contribution in [2.75, 3.05) is 6.54 Å². The van der Waals surface area contributed by atoms with Crippen LogP contribution in [0.4, 0.5) is 0 Å². The average molecular weight is 350 g/mol. The van der Waals surface area contributed by atoms with Crippen molar-refractivity contribution in [3.8, 4) is 0 Å². The Morgan fingerprint density at radius 1 is 1.29 bits per heavy atom. The van der Waals surface area contributed by atoms with Gasteiger partial charge in [0.25, 0.3) is 0 Å². The molecule has 1 aliphatic heterocycles. The van der Waals surface area contributed by atoms with Crippen LogP contribution in [0.15, 0.2) is 9.26 Å². The zero-order valence-corrected chi connectivity index (χ0v) is 14.7. The van der Waals surface area contributed by atoms with Crippen LogP contribution in [-0.2, 0) is 24.7 Å². The maximum absolute atomic E-state index is 2.68. The van der Waals surface area contributed by atoms with Crippen LogP contribution in [0.2, 0.25) is 26.5 Å². The van der Waals surface area contributed by atoms with Crippen LogP contribution in [0.1, 0.15) is 0 Å². The fourth-order valence-electron chi connectivity index (χ4n) is 1.55. The van der Waals surface area contributed by atoms with Crippen LogP contribution in [0.5, 0.6) is 0 Å². The molecule has 1 heterocycles. The van der Waals surface area contributed by atoms with Crippen LogP contribution < -0.4 is 37.2 Å². The molecule has 0 atom stereocenters. The average Bonchev–Trinajstić information content (AvgIpc) is 2.11. The van der Waals surface area contributed by atoms with Gasteiger partial charge in [0.05, 0.1) is 0 Å². The summed E-state index contributed by atoms with van der Waals surface area (Å²) in [4.78, 5) is 0. The molecular formula is C7H15BCl3NSiZr. The Hall–Kier alpha value is 1.73. The maximum Gasteiger partial charge on any atom is -1.00 e. The summed E-state index contributed by atoms with van der Waals surface area (Å²) in [5.74, 6) is 0. The van der Waals surface area contributed by atoms with Crippen molar-refractivity contribution in [2.45, 2.75) is 26.5 Å². The number of hydrogen-bond donors (Lipinski definition) is 0. The first-order valence-electron chi connectivity index (χ1n) is 4.11. The van der Waals surface area contributed by atoms with Gasteiger partial charge in [-0.25, -0.2) is 0 Å². The van der Waals surface area contributed by atoms with Crippen LogP contribution in [0.25, 0.3) is 0 Å². The molecule has 0 saturated carbocycles. The molecule has 0 amide bonds. The number of hydrogen-bond acceptors (Lipinski definition) is 1. The Balaban J connectivity index is -0.000000403. The topological polar surface area (TPSA) is 3.24 Å². The van der Waals surface area contributed by atoms with Crippen LogP contribution in [-0.4, -0.2) is 26.1 Å². The Kier molecular flexibility index (Phi) is 11.9. The SMILES string of the molecule is CB1[C]([Zr+3])=CCN1[Si](C)(C)C.[Cl-].[Cl-].[Cl-]. The predicted molar refractivity (Wildman–Crippen MR) is 49.8 cm³/mol. The minimum atomic E-state index is -1.03. The van der Waals surface area contributed by atoms with E-state index in [-0.39, 0.29) is 37.2 Å². The quantitative estimate of drug-likeness (QED) is 0.425. The summed E-state index contributed by atoms with van der Waals surface area (Å²) in [6.45, 7) is 11.5. The smallest absolute Gasteiger partial charge is 1.00 e. The standard InChI is InChI=1S/C7H15BNSi.3ClH.Zr/c1-8-6-5-7-9(8)10(2,3)4;;;;/h5H,7H2,1-4H3;3*1H;/q;;;;+3/p-3. The Bertz CT molecular complexity index is 198. The van der Waals surface area contributed by atoms with Gasteiger partial charge in [0, 0.05) is 0 Å². The van der Waals surface area contributed by atoms with Gasteiger partial charge in [-0.15, -0.1) is 0 Å². The second kappa shape index (κ2) is 7.92. The summed E-state index contributed by atoms with van der Waals surface area (Å²) in [5.41, 5.74) is 0. The molecule has 1 nitrogen and oxygen atoms in total. The third-order valence-corrected chi connectivity index (χ3v) is 6.11. The molecule has 0 aromatic rings. The van der Waals surface area contributed by atoms with Gasteiger partial charge in [-0.1, -0.05) is 0 Å². The molecule has 0 unspecified atom stereocenters. The number of halogens is 3. The first kappa shape index (κ1) is 21.1. The summed E-state index contributed by atoms with van der Waals surface area (Å²) in [6.07, 6.45) is 2.40. The van der Waals surface area contributed by atoms with E-state index in [0.29, 0.717) is 0 Å². The monoisotopic (exact) mass is 347 g/mol. The minimum absolute atomic E-state index is 0. The zero-order chi connectivity index (χ0) is 8.65. The molecule has 14 heavy (non-hydrogen) atoms. The summed E-state index contributed by atoms with van der Waals surface area (Å²) in [6, 6.07) is 0. The molecule has 0 radical (unpaired) electrons. The summed E-state index contributed by atoms with van der Waals surface area (Å²) in [7, 11) is -1.03. The minimum Gasteiger partial charge on any atom is -1.00 e. The summed E-state index contributed by atoms with van der Waals surface area (Å²) in [5, 5.41) is 0. The molecule has 0 fully saturated rings. The molecule has 7 heteroatoms. The number of nitrogens with zero attached hydrogens (tertiary/aromatic N) is 1. The summed E-state index contributed by atoms with van der Waals surface area (Å²) < 4.78 is 4.32. The van der Waals surface area contributed by atoms with E-state index in [1.54, 1.807) is 27.9 Å². The van der Waals surface area contributed by atoms with Crippen LogP contribution in [0.3, 0.4) is 0 Å². The van der Waals surface area contributed by atoms with E-state index in [0.717, 1.165) is 6.85 Å². The van der Waals surface area contributed by atoms with Crippen molar-refractivity contribution in [3.63, 3.8) is 0 Å². The molecule has 0 spiro atoms. The van der Waals surface area contributed by atoms with Crippen molar-refractivity contribution in [1.82, 2.24) is 4.48 Å². The molecule has 0 aliphatic carbocycles. The van der Waals surface area contributed by atoms with E-state index in [1.807, 2.05) is 0 Å². The van der Waals surface area contributed by atoms with Crippen LogP contribution in [0, 0.1) is 0 Å². The molecule has 0 aromatic carbocycles. The molecule has 0 bridgehead atoms. The Morgan fingerprint density at radius 2 is 1.71 bits per heavy atom. The molecule has 1 aliphatic rings. The van der Waals surface area contributed by atoms with Gasteiger partial charge >= 0.3 is 86.5 Å². The first-order valence-corrected chi connectivity index (χ1v) is 8.79. The molecule has 80 valence electrons. The molecule has 1 rings (SSSR count). The van der Waals surface area contributed by atoms with E-state index in [1.165, 1.54) is 6.54 Å². The second-order valence-electron chi connectivity index (χ2n) is 4.16. The van der Waals surface area contributed by atoms with Crippen molar-refractivity contribution < 1.29 is 61.9 Å². The maximum atomic E-state index is 2.68. The first-order chi connectivity index (χ1) is 4.93. The van der Waals surface area contributed by atoms with Gasteiger partial charge in [-0.3, -0.25) is 0 Å². The van der Waals surface area contributed by atoms with Gasteiger partial charge in [0.1, 0.15) is 0 Å². The van der Waals surface area contributed by atoms with E-state index in [2.05, 4.69) is 37.0 Å². The molecule has 0 aromatic heterocycles. The fourth-order valence-corrected chi connectivity index (χ4v) is 4.41. The van der Waals surface area contributed by atoms with Gasteiger partial charge in [0.15, 0.2) is 0 Å². The Morgan fingerprint density at radius 3 is 1.86 bits per heavy atom. The van der Waals surface area contributed by atoms with E-state index < -0.39 is 8.24 Å². The third-order valence-electron chi connectivity index (χ3n) is 2.29. The van der Waals surface area contributed by atoms with Crippen molar-refractivity contribution in [2.24, 2.45) is 0 Å².